The van der Waals surface area contributed by atoms with Crippen LogP contribution in [0.5, 0.6) is 0 Å². The average Bonchev–Trinajstić information content (AvgIpc) is 2.26. The van der Waals surface area contributed by atoms with Gasteiger partial charge in [0, 0.05) is 24.2 Å². The van der Waals surface area contributed by atoms with Gasteiger partial charge in [0.1, 0.15) is 5.15 Å². The summed E-state index contributed by atoms with van der Waals surface area (Å²) in [5.74, 6) is -1.05. The van der Waals surface area contributed by atoms with Crippen LogP contribution in [0.3, 0.4) is 0 Å². The number of rotatable bonds is 6. The number of carboxylic acid groups (broad SMARTS) is 1. The number of aliphatic carboxylic acids is 1. The van der Waals surface area contributed by atoms with Crippen molar-refractivity contribution in [3.8, 4) is 0 Å². The number of amides is 1. The van der Waals surface area contributed by atoms with Crippen molar-refractivity contribution in [2.24, 2.45) is 0 Å². The van der Waals surface area contributed by atoms with Crippen LogP contribution < -0.4 is 5.32 Å². The van der Waals surface area contributed by atoms with Gasteiger partial charge in [-0.2, -0.15) is 0 Å². The van der Waals surface area contributed by atoms with E-state index in [0.29, 0.717) is 30.6 Å². The van der Waals surface area contributed by atoms with E-state index in [4.69, 9.17) is 16.7 Å². The third-order valence-electron chi connectivity index (χ3n) is 2.29. The molecule has 98 valence electrons. The second-order valence-corrected chi connectivity index (χ2v) is 4.31. The van der Waals surface area contributed by atoms with Crippen LogP contribution in [0, 0.1) is 6.92 Å². The molecule has 0 aliphatic carbocycles. The molecule has 18 heavy (non-hydrogen) atoms. The first-order valence-corrected chi connectivity index (χ1v) is 6.01. The molecule has 0 aliphatic heterocycles. The van der Waals surface area contributed by atoms with Gasteiger partial charge in [-0.05, 0) is 31.9 Å². The highest BCUT2D eigenvalue weighted by Gasteiger charge is 2.07. The molecule has 1 aromatic heterocycles. The number of pyridine rings is 1. The van der Waals surface area contributed by atoms with E-state index in [1.165, 1.54) is 6.07 Å². The molecule has 6 heteroatoms. The van der Waals surface area contributed by atoms with E-state index < -0.39 is 5.97 Å². The number of nitrogens with one attached hydrogen (secondary N) is 1. The Morgan fingerprint density at radius 1 is 1.39 bits per heavy atom. The number of carboxylic acids is 1. The number of carbonyl (C=O) groups is 2. The Morgan fingerprint density at radius 3 is 2.72 bits per heavy atom. The second kappa shape index (κ2) is 6.96. The number of aromatic nitrogens is 1. The predicted molar refractivity (Wildman–Crippen MR) is 67.8 cm³/mol. The number of carbonyl (C=O) groups excluding carboxylic acids is 1. The second-order valence-electron chi connectivity index (χ2n) is 3.93. The highest BCUT2D eigenvalue weighted by Crippen LogP contribution is 2.10. The minimum Gasteiger partial charge on any atom is -0.481 e. The Kier molecular flexibility index (Phi) is 5.58. The van der Waals surface area contributed by atoms with Crippen molar-refractivity contribution in [1.82, 2.24) is 10.3 Å². The zero-order valence-corrected chi connectivity index (χ0v) is 10.8. The Morgan fingerprint density at radius 2 is 2.11 bits per heavy atom. The number of unbranched alkanes of at least 4 members (excludes halogenated alkanes) is 1. The highest BCUT2D eigenvalue weighted by atomic mass is 35.5. The highest BCUT2D eigenvalue weighted by molar-refractivity contribution is 6.29. The summed E-state index contributed by atoms with van der Waals surface area (Å²) in [6.45, 7) is 2.21. The first-order chi connectivity index (χ1) is 8.49. The molecule has 0 saturated carbocycles. The quantitative estimate of drug-likeness (QED) is 0.612. The molecule has 0 bridgehead atoms. The number of aryl methyl sites for hydroxylation is 1. The van der Waals surface area contributed by atoms with Gasteiger partial charge in [0.05, 0.1) is 0 Å². The van der Waals surface area contributed by atoms with Crippen LogP contribution in [-0.2, 0) is 4.79 Å². The molecule has 0 atom stereocenters. The van der Waals surface area contributed by atoms with E-state index in [9.17, 15) is 9.59 Å². The first kappa shape index (κ1) is 14.4. The Hall–Kier alpha value is -1.62. The van der Waals surface area contributed by atoms with Crippen LogP contribution in [0.2, 0.25) is 5.15 Å². The van der Waals surface area contributed by atoms with Gasteiger partial charge >= 0.3 is 5.97 Å². The van der Waals surface area contributed by atoms with Gasteiger partial charge in [-0.3, -0.25) is 9.59 Å². The fourth-order valence-corrected chi connectivity index (χ4v) is 1.72. The van der Waals surface area contributed by atoms with Gasteiger partial charge in [0.15, 0.2) is 0 Å². The predicted octanol–water partition coefficient (Wildman–Crippen LogP) is 2.03. The Balaban J connectivity index is 2.38. The summed E-state index contributed by atoms with van der Waals surface area (Å²) in [4.78, 5) is 26.0. The van der Waals surface area contributed by atoms with E-state index >= 15 is 0 Å². The van der Waals surface area contributed by atoms with E-state index in [0.717, 1.165) is 0 Å². The first-order valence-electron chi connectivity index (χ1n) is 5.63. The van der Waals surface area contributed by atoms with Crippen molar-refractivity contribution in [2.45, 2.75) is 26.2 Å². The monoisotopic (exact) mass is 270 g/mol. The van der Waals surface area contributed by atoms with Crippen LogP contribution in [0.4, 0.5) is 0 Å². The van der Waals surface area contributed by atoms with Crippen molar-refractivity contribution in [3.05, 3.63) is 28.5 Å². The third-order valence-corrected chi connectivity index (χ3v) is 2.48. The van der Waals surface area contributed by atoms with E-state index in [2.05, 4.69) is 10.3 Å². The molecule has 1 heterocycles. The molecule has 0 saturated heterocycles. The van der Waals surface area contributed by atoms with Gasteiger partial charge in [-0.15, -0.1) is 0 Å². The molecule has 1 rings (SSSR count). The molecule has 0 aromatic carbocycles. The van der Waals surface area contributed by atoms with E-state index in [1.54, 1.807) is 13.0 Å². The van der Waals surface area contributed by atoms with Crippen molar-refractivity contribution < 1.29 is 14.7 Å². The summed E-state index contributed by atoms with van der Waals surface area (Å²) in [5, 5.41) is 11.4. The lowest BCUT2D eigenvalue weighted by Crippen LogP contribution is -2.24. The molecule has 1 amide bonds. The summed E-state index contributed by atoms with van der Waals surface area (Å²) in [5.41, 5.74) is 1.14. The molecule has 2 N–H and O–H groups in total. The Bertz CT molecular complexity index is 429. The van der Waals surface area contributed by atoms with E-state index in [-0.39, 0.29) is 17.5 Å². The van der Waals surface area contributed by atoms with Crippen molar-refractivity contribution in [2.75, 3.05) is 6.54 Å². The topological polar surface area (TPSA) is 79.3 Å². The van der Waals surface area contributed by atoms with Gasteiger partial charge in [0.2, 0.25) is 0 Å². The molecule has 0 radical (unpaired) electrons. The molecule has 5 nitrogen and oxygen atoms in total. The minimum absolute atomic E-state index is 0.121. The fourth-order valence-electron chi connectivity index (χ4n) is 1.46. The fraction of sp³-hybridized carbons (Fsp3) is 0.417. The van der Waals surface area contributed by atoms with E-state index in [1.807, 2.05) is 0 Å². The van der Waals surface area contributed by atoms with Gasteiger partial charge < -0.3 is 10.4 Å². The molecule has 0 spiro atoms. The largest absolute Gasteiger partial charge is 0.481 e. The summed E-state index contributed by atoms with van der Waals surface area (Å²) >= 11 is 5.76. The molecular formula is C12H15ClN2O3. The lowest BCUT2D eigenvalue weighted by molar-refractivity contribution is -0.137. The standard InChI is InChI=1S/C12H15ClN2O3/c1-8-6-9(7-10(13)15-8)12(18)14-5-3-2-4-11(16)17/h6-7H,2-5H2,1H3,(H,14,18)(H,16,17). The zero-order chi connectivity index (χ0) is 13.5. The van der Waals surface area contributed by atoms with Crippen LogP contribution >= 0.6 is 11.6 Å². The van der Waals surface area contributed by atoms with Crippen LogP contribution in [0.15, 0.2) is 12.1 Å². The molecule has 0 aliphatic rings. The maximum Gasteiger partial charge on any atom is 0.303 e. The molecule has 1 aromatic rings. The van der Waals surface area contributed by atoms with Gasteiger partial charge in [-0.25, -0.2) is 4.98 Å². The number of hydrogen-bond acceptors (Lipinski definition) is 3. The average molecular weight is 271 g/mol. The summed E-state index contributed by atoms with van der Waals surface area (Å²) in [6.07, 6.45) is 1.30. The SMILES string of the molecule is Cc1cc(C(=O)NCCCCC(=O)O)cc(Cl)n1. The van der Waals surface area contributed by atoms with Crippen LogP contribution in [0.1, 0.15) is 35.3 Å². The smallest absolute Gasteiger partial charge is 0.303 e. The van der Waals surface area contributed by atoms with Gasteiger partial charge in [-0.1, -0.05) is 11.6 Å². The number of hydrogen-bond donors (Lipinski definition) is 2. The zero-order valence-electron chi connectivity index (χ0n) is 10.1. The summed E-state index contributed by atoms with van der Waals surface area (Å²) < 4.78 is 0. The lowest BCUT2D eigenvalue weighted by atomic mass is 10.2. The maximum absolute atomic E-state index is 11.7. The van der Waals surface area contributed by atoms with Crippen LogP contribution in [0.25, 0.3) is 0 Å². The lowest BCUT2D eigenvalue weighted by Gasteiger charge is -2.05. The third kappa shape index (κ3) is 5.14. The number of halogens is 1. The number of nitrogens with zero attached hydrogens (tertiary/aromatic N) is 1. The van der Waals surface area contributed by atoms with Crippen molar-refractivity contribution in [3.63, 3.8) is 0 Å². The Labute approximate surface area is 110 Å². The van der Waals surface area contributed by atoms with Crippen LogP contribution in [-0.4, -0.2) is 28.5 Å². The molecular weight excluding hydrogens is 256 g/mol. The van der Waals surface area contributed by atoms with Gasteiger partial charge in [0.25, 0.3) is 5.91 Å². The molecule has 0 fully saturated rings. The summed E-state index contributed by atoms with van der Waals surface area (Å²) in [7, 11) is 0. The normalized spacial score (nSPS) is 10.1. The summed E-state index contributed by atoms with van der Waals surface area (Å²) in [6, 6.07) is 3.15. The van der Waals surface area contributed by atoms with Crippen molar-refractivity contribution in [1.29, 1.82) is 0 Å². The molecule has 0 unspecified atom stereocenters. The minimum atomic E-state index is -0.821. The van der Waals surface area contributed by atoms with Crippen molar-refractivity contribution >= 4 is 23.5 Å². The maximum atomic E-state index is 11.7.